The van der Waals surface area contributed by atoms with E-state index in [1.54, 1.807) is 50.1 Å². The lowest BCUT2D eigenvalue weighted by molar-refractivity contribution is -0.138. The van der Waals surface area contributed by atoms with Gasteiger partial charge in [0.2, 0.25) is 5.91 Å². The van der Waals surface area contributed by atoms with Crippen LogP contribution in [0.15, 0.2) is 94.7 Å². The molecule has 5 rings (SSSR count). The SMILES string of the molecule is CN[C@@H](CSc1c(N)cccc1-c1cccc(C#N)c1)C(=O)O.CN[C@H]1CSc2c(cccc2-c2cccc(C#N)c2)NC1=O. The first-order valence-corrected chi connectivity index (χ1v) is 15.9. The second-order valence-corrected chi connectivity index (χ2v) is 12.0. The van der Waals surface area contributed by atoms with Gasteiger partial charge in [-0.05, 0) is 72.7 Å². The summed E-state index contributed by atoms with van der Waals surface area (Å²) >= 11 is 3.04. The molecule has 0 unspecified atom stereocenters. The predicted molar refractivity (Wildman–Crippen MR) is 181 cm³/mol. The number of thioether (sulfide) groups is 2. The maximum absolute atomic E-state index is 12.1. The van der Waals surface area contributed by atoms with Gasteiger partial charge in [0.25, 0.3) is 0 Å². The molecule has 4 aromatic carbocycles. The summed E-state index contributed by atoms with van der Waals surface area (Å²) in [6.07, 6.45) is 0. The third kappa shape index (κ3) is 8.24. The standard InChI is InChI=1S/C17H17N3O2S.C17H15N3OS/c1-20-15(17(21)22)10-23-16-13(6-3-7-14(16)19)12-5-2-4-11(8-12)9-18;1-19-15-10-22-16-13(6-3-7-14(16)20-17(15)21)12-5-2-4-11(8-12)9-18/h2-8,15,20H,10,19H2,1H3,(H,21,22);2-8,15,19H,10H2,1H3,(H,20,21)/t2*15-/m00/s1. The number of fused-ring (bicyclic) bond motifs is 1. The third-order valence-electron chi connectivity index (χ3n) is 7.02. The second kappa shape index (κ2) is 15.8. The first kappa shape index (κ1) is 33.1. The summed E-state index contributed by atoms with van der Waals surface area (Å²) in [6, 6.07) is 29.6. The third-order valence-corrected chi connectivity index (χ3v) is 9.50. The Labute approximate surface area is 270 Å². The first-order valence-electron chi connectivity index (χ1n) is 14.0. The van der Waals surface area contributed by atoms with Gasteiger partial charge in [-0.3, -0.25) is 9.59 Å². The molecular formula is C34H32N6O3S2. The highest BCUT2D eigenvalue weighted by Gasteiger charge is 2.24. The number of amides is 1. The van der Waals surface area contributed by atoms with Crippen molar-refractivity contribution >= 4 is 46.8 Å². The number of nitrogen functional groups attached to an aromatic ring is 1. The fourth-order valence-electron chi connectivity index (χ4n) is 4.60. The molecule has 1 aliphatic heterocycles. The molecule has 0 fully saturated rings. The van der Waals surface area contributed by atoms with E-state index >= 15 is 0 Å². The van der Waals surface area contributed by atoms with E-state index in [0.29, 0.717) is 28.3 Å². The van der Waals surface area contributed by atoms with Gasteiger partial charge in [0, 0.05) is 27.0 Å². The zero-order valence-corrected chi connectivity index (χ0v) is 26.3. The van der Waals surface area contributed by atoms with Crippen molar-refractivity contribution in [2.24, 2.45) is 0 Å². The number of hydrogen-bond donors (Lipinski definition) is 5. The van der Waals surface area contributed by atoms with Gasteiger partial charge in [-0.1, -0.05) is 48.5 Å². The summed E-state index contributed by atoms with van der Waals surface area (Å²) in [6.45, 7) is 0. The number of nitrogens with two attached hydrogens (primary N) is 1. The number of carboxylic acid groups (broad SMARTS) is 1. The number of carbonyl (C=O) groups excluding carboxylic acids is 1. The number of benzene rings is 4. The summed E-state index contributed by atoms with van der Waals surface area (Å²) in [5.74, 6) is 0.106. The number of nitriles is 2. The monoisotopic (exact) mass is 636 g/mol. The van der Waals surface area contributed by atoms with Crippen LogP contribution >= 0.6 is 23.5 Å². The molecule has 0 bridgehead atoms. The molecule has 1 amide bonds. The van der Waals surface area contributed by atoms with Crippen molar-refractivity contribution in [3.05, 3.63) is 96.1 Å². The molecule has 0 aromatic heterocycles. The van der Waals surface area contributed by atoms with Crippen LogP contribution in [-0.4, -0.2) is 54.7 Å². The highest BCUT2D eigenvalue weighted by molar-refractivity contribution is 8.00. The van der Waals surface area contributed by atoms with E-state index in [0.717, 1.165) is 37.7 Å². The van der Waals surface area contributed by atoms with Crippen LogP contribution in [0, 0.1) is 22.7 Å². The first-order chi connectivity index (χ1) is 21.8. The van der Waals surface area contributed by atoms with E-state index in [4.69, 9.17) is 21.4 Å². The van der Waals surface area contributed by atoms with Crippen molar-refractivity contribution in [1.82, 2.24) is 10.6 Å². The number of likely N-dealkylation sites (N-methyl/N-ethyl adjacent to an activating group) is 2. The Morgan fingerprint density at radius 3 is 2.20 bits per heavy atom. The molecule has 0 aliphatic carbocycles. The Hall–Kier alpha value is -4.78. The van der Waals surface area contributed by atoms with E-state index in [1.165, 1.54) is 11.8 Å². The van der Waals surface area contributed by atoms with Crippen molar-refractivity contribution < 1.29 is 14.7 Å². The van der Waals surface area contributed by atoms with Gasteiger partial charge in [0.15, 0.2) is 0 Å². The summed E-state index contributed by atoms with van der Waals surface area (Å²) in [7, 11) is 3.41. The van der Waals surface area contributed by atoms with Crippen LogP contribution in [0.1, 0.15) is 11.1 Å². The van der Waals surface area contributed by atoms with Gasteiger partial charge >= 0.3 is 5.97 Å². The lowest BCUT2D eigenvalue weighted by Crippen LogP contribution is -2.39. The molecule has 0 saturated carbocycles. The van der Waals surface area contributed by atoms with E-state index in [-0.39, 0.29) is 11.9 Å². The number of aliphatic carboxylic acids is 1. The molecule has 228 valence electrons. The molecule has 4 aromatic rings. The van der Waals surface area contributed by atoms with Crippen LogP contribution in [0.3, 0.4) is 0 Å². The Morgan fingerprint density at radius 1 is 1.00 bits per heavy atom. The summed E-state index contributed by atoms with van der Waals surface area (Å²) in [4.78, 5) is 25.1. The Balaban J connectivity index is 0.000000205. The number of nitrogens with zero attached hydrogens (tertiary/aromatic N) is 2. The molecule has 0 spiro atoms. The molecule has 11 heteroatoms. The van der Waals surface area contributed by atoms with Crippen molar-refractivity contribution in [2.75, 3.05) is 36.7 Å². The molecule has 0 saturated heterocycles. The maximum Gasteiger partial charge on any atom is 0.321 e. The summed E-state index contributed by atoms with van der Waals surface area (Å²) < 4.78 is 0. The summed E-state index contributed by atoms with van der Waals surface area (Å²) in [5.41, 5.74) is 12.5. The van der Waals surface area contributed by atoms with E-state index in [1.807, 2.05) is 60.7 Å². The van der Waals surface area contributed by atoms with Crippen LogP contribution in [0.25, 0.3) is 22.3 Å². The number of hydrogen-bond acceptors (Lipinski definition) is 9. The maximum atomic E-state index is 12.1. The molecular weight excluding hydrogens is 605 g/mol. The van der Waals surface area contributed by atoms with Gasteiger partial charge in [-0.15, -0.1) is 23.5 Å². The highest BCUT2D eigenvalue weighted by atomic mass is 32.2. The van der Waals surface area contributed by atoms with Crippen molar-refractivity contribution in [3.8, 4) is 34.4 Å². The van der Waals surface area contributed by atoms with Crippen LogP contribution in [0.2, 0.25) is 0 Å². The summed E-state index contributed by atoms with van der Waals surface area (Å²) in [5, 5.41) is 36.0. The number of anilines is 2. The van der Waals surface area contributed by atoms with E-state index in [2.05, 4.69) is 28.1 Å². The average Bonchev–Trinajstić information content (AvgIpc) is 3.23. The largest absolute Gasteiger partial charge is 0.480 e. The lowest BCUT2D eigenvalue weighted by atomic mass is 10.0. The number of carboxylic acids is 1. The van der Waals surface area contributed by atoms with Crippen LogP contribution in [0.4, 0.5) is 11.4 Å². The molecule has 6 N–H and O–H groups in total. The molecule has 1 heterocycles. The van der Waals surface area contributed by atoms with Gasteiger partial charge in [-0.2, -0.15) is 10.5 Å². The second-order valence-electron chi connectivity index (χ2n) is 9.92. The van der Waals surface area contributed by atoms with Crippen molar-refractivity contribution in [2.45, 2.75) is 21.9 Å². The Bertz CT molecular complexity index is 1780. The fourth-order valence-corrected chi connectivity index (χ4v) is 7.08. The molecule has 0 radical (unpaired) electrons. The van der Waals surface area contributed by atoms with Crippen LogP contribution in [-0.2, 0) is 9.59 Å². The Kier molecular flexibility index (Phi) is 11.6. The molecule has 2 atom stereocenters. The number of nitrogens with one attached hydrogen (secondary N) is 3. The van der Waals surface area contributed by atoms with Crippen molar-refractivity contribution in [3.63, 3.8) is 0 Å². The zero-order valence-electron chi connectivity index (χ0n) is 24.7. The highest BCUT2D eigenvalue weighted by Crippen LogP contribution is 2.39. The van der Waals surface area contributed by atoms with Gasteiger partial charge < -0.3 is 26.8 Å². The zero-order chi connectivity index (χ0) is 32.3. The quantitative estimate of drug-likeness (QED) is 0.124. The van der Waals surface area contributed by atoms with Gasteiger partial charge in [0.05, 0.1) is 35.0 Å². The topological polar surface area (TPSA) is 164 Å². The van der Waals surface area contributed by atoms with Crippen LogP contribution < -0.4 is 21.7 Å². The molecule has 1 aliphatic rings. The minimum absolute atomic E-state index is 0.0170. The normalized spacial score (nSPS) is 14.3. The fraction of sp³-hybridized carbons (Fsp3) is 0.176. The predicted octanol–water partition coefficient (Wildman–Crippen LogP) is 5.43. The Morgan fingerprint density at radius 2 is 1.60 bits per heavy atom. The van der Waals surface area contributed by atoms with E-state index < -0.39 is 12.0 Å². The minimum atomic E-state index is -0.900. The van der Waals surface area contributed by atoms with Gasteiger partial charge in [-0.25, -0.2) is 0 Å². The van der Waals surface area contributed by atoms with Crippen LogP contribution in [0.5, 0.6) is 0 Å². The minimum Gasteiger partial charge on any atom is -0.480 e. The van der Waals surface area contributed by atoms with Crippen molar-refractivity contribution in [1.29, 1.82) is 10.5 Å². The van der Waals surface area contributed by atoms with Gasteiger partial charge in [0.1, 0.15) is 6.04 Å². The molecule has 9 nitrogen and oxygen atoms in total. The number of carbonyl (C=O) groups is 2. The van der Waals surface area contributed by atoms with E-state index in [9.17, 15) is 9.59 Å². The number of rotatable bonds is 8. The smallest absolute Gasteiger partial charge is 0.321 e. The average molecular weight is 637 g/mol. The lowest BCUT2D eigenvalue weighted by Gasteiger charge is -2.15. The molecule has 45 heavy (non-hydrogen) atoms.